The summed E-state index contributed by atoms with van der Waals surface area (Å²) in [4.78, 5) is 23.1. The molecule has 0 saturated heterocycles. The van der Waals surface area contributed by atoms with Gasteiger partial charge in [0, 0.05) is 12.8 Å². The molecule has 0 atom stereocenters. The van der Waals surface area contributed by atoms with E-state index >= 15 is 0 Å². The lowest BCUT2D eigenvalue weighted by Gasteiger charge is -2.12. The van der Waals surface area contributed by atoms with Crippen molar-refractivity contribution in [2.75, 3.05) is 5.32 Å². The lowest BCUT2D eigenvalue weighted by Crippen LogP contribution is -2.16. The van der Waals surface area contributed by atoms with Crippen molar-refractivity contribution >= 4 is 52.3 Å². The number of rotatable bonds is 7. The number of hydrogen-bond acceptors (Lipinski definition) is 4. The smallest absolute Gasteiger partial charge is 0.225 e. The van der Waals surface area contributed by atoms with Crippen molar-refractivity contribution in [3.05, 3.63) is 39.0 Å². The highest BCUT2D eigenvalue weighted by Gasteiger charge is 2.18. The molecular formula is C17H15Cl3N4O2. The summed E-state index contributed by atoms with van der Waals surface area (Å²) in [5.74, 6) is -0.00291. The van der Waals surface area contributed by atoms with Crippen LogP contribution in [0.1, 0.15) is 38.2 Å². The third-order valence-corrected chi connectivity index (χ3v) is 4.86. The van der Waals surface area contributed by atoms with E-state index in [0.29, 0.717) is 24.9 Å². The fourth-order valence-corrected chi connectivity index (χ4v) is 2.88. The van der Waals surface area contributed by atoms with Crippen LogP contribution in [-0.2, 0) is 9.59 Å². The zero-order valence-corrected chi connectivity index (χ0v) is 16.1. The molecule has 6 nitrogen and oxygen atoms in total. The molecule has 0 fully saturated rings. The maximum atomic E-state index is 12.2. The quantitative estimate of drug-likeness (QED) is 0.522. The van der Waals surface area contributed by atoms with E-state index in [2.05, 4.69) is 10.4 Å². The second-order valence-corrected chi connectivity index (χ2v) is 6.75. The second kappa shape index (κ2) is 9.04. The summed E-state index contributed by atoms with van der Waals surface area (Å²) in [6, 6.07) is 5.11. The van der Waals surface area contributed by atoms with Gasteiger partial charge in [-0.2, -0.15) is 10.4 Å². The molecule has 136 valence electrons. The molecule has 2 rings (SSSR count). The Bertz CT molecular complexity index is 887. The van der Waals surface area contributed by atoms with E-state index in [1.807, 2.05) is 6.07 Å². The summed E-state index contributed by atoms with van der Waals surface area (Å²) < 4.78 is 1.33. The molecule has 1 aromatic carbocycles. The molecule has 0 aliphatic heterocycles. The van der Waals surface area contributed by atoms with Gasteiger partial charge < -0.3 is 10.1 Å². The standard InChI is InChI=1S/C17H15Cl3N4O2/c1-10(25)4-2-3-5-14(26)23-17-11(8-21)9-22-24(17)13-7-6-12(18)15(19)16(13)20/h6-7,9H,2-5H2,1H3,(H,23,26). The fourth-order valence-electron chi connectivity index (χ4n) is 2.27. The van der Waals surface area contributed by atoms with Gasteiger partial charge in [0.1, 0.15) is 17.4 Å². The van der Waals surface area contributed by atoms with Crippen molar-refractivity contribution in [1.29, 1.82) is 5.26 Å². The number of ketones is 1. The van der Waals surface area contributed by atoms with Crippen molar-refractivity contribution in [3.63, 3.8) is 0 Å². The maximum Gasteiger partial charge on any atom is 0.225 e. The molecule has 0 bridgehead atoms. The molecule has 9 heteroatoms. The summed E-state index contributed by atoms with van der Waals surface area (Å²) in [5.41, 5.74) is 0.568. The van der Waals surface area contributed by atoms with Crippen LogP contribution in [0.25, 0.3) is 5.69 Å². The summed E-state index contributed by atoms with van der Waals surface area (Å²) in [7, 11) is 0. The number of carbonyl (C=O) groups excluding carboxylic acids is 2. The van der Waals surface area contributed by atoms with Crippen LogP contribution in [0.5, 0.6) is 0 Å². The summed E-state index contributed by atoms with van der Waals surface area (Å²) >= 11 is 18.2. The Morgan fingerprint density at radius 3 is 2.54 bits per heavy atom. The molecule has 26 heavy (non-hydrogen) atoms. The van der Waals surface area contributed by atoms with Gasteiger partial charge in [-0.05, 0) is 31.9 Å². The Balaban J connectivity index is 2.23. The lowest BCUT2D eigenvalue weighted by atomic mass is 10.1. The van der Waals surface area contributed by atoms with Crippen LogP contribution < -0.4 is 5.32 Å². The van der Waals surface area contributed by atoms with E-state index in [4.69, 9.17) is 34.8 Å². The molecule has 1 aromatic heterocycles. The molecule has 0 spiro atoms. The molecular weight excluding hydrogens is 399 g/mol. The van der Waals surface area contributed by atoms with Gasteiger partial charge in [-0.3, -0.25) is 4.79 Å². The summed E-state index contributed by atoms with van der Waals surface area (Å²) in [6.45, 7) is 1.51. The number of halogens is 3. The molecule has 1 heterocycles. The van der Waals surface area contributed by atoms with Gasteiger partial charge >= 0.3 is 0 Å². The lowest BCUT2D eigenvalue weighted by molar-refractivity contribution is -0.118. The van der Waals surface area contributed by atoms with Gasteiger partial charge in [0.2, 0.25) is 5.91 Å². The summed E-state index contributed by atoms with van der Waals surface area (Å²) in [6.07, 6.45) is 3.18. The van der Waals surface area contributed by atoms with Crippen molar-refractivity contribution < 1.29 is 9.59 Å². The number of benzene rings is 1. The molecule has 0 aliphatic rings. The highest BCUT2D eigenvalue weighted by Crippen LogP contribution is 2.36. The van der Waals surface area contributed by atoms with E-state index < -0.39 is 0 Å². The number of unbranched alkanes of at least 4 members (excludes halogenated alkanes) is 1. The van der Waals surface area contributed by atoms with E-state index in [1.165, 1.54) is 17.8 Å². The Kier molecular flexibility index (Phi) is 7.04. The van der Waals surface area contributed by atoms with Crippen molar-refractivity contribution in [2.24, 2.45) is 0 Å². The number of nitrogens with zero attached hydrogens (tertiary/aromatic N) is 3. The average Bonchev–Trinajstić information content (AvgIpc) is 2.99. The van der Waals surface area contributed by atoms with Gasteiger partial charge in [-0.15, -0.1) is 0 Å². The fraction of sp³-hybridized carbons (Fsp3) is 0.294. The van der Waals surface area contributed by atoms with Crippen LogP contribution in [-0.4, -0.2) is 21.5 Å². The minimum atomic E-state index is -0.289. The highest BCUT2D eigenvalue weighted by atomic mass is 35.5. The van der Waals surface area contributed by atoms with Crippen LogP contribution in [0.4, 0.5) is 5.82 Å². The molecule has 1 N–H and O–H groups in total. The second-order valence-electron chi connectivity index (χ2n) is 5.58. The van der Waals surface area contributed by atoms with E-state index in [9.17, 15) is 14.9 Å². The van der Waals surface area contributed by atoms with Crippen molar-refractivity contribution in [1.82, 2.24) is 9.78 Å². The minimum Gasteiger partial charge on any atom is -0.309 e. The van der Waals surface area contributed by atoms with Crippen LogP contribution >= 0.6 is 34.8 Å². The molecule has 0 radical (unpaired) electrons. The van der Waals surface area contributed by atoms with E-state index in [-0.39, 0.29) is 44.6 Å². The van der Waals surface area contributed by atoms with Gasteiger partial charge in [-0.25, -0.2) is 4.68 Å². The number of amides is 1. The third kappa shape index (κ3) is 4.76. The molecule has 0 aliphatic carbocycles. The number of hydrogen-bond donors (Lipinski definition) is 1. The van der Waals surface area contributed by atoms with Gasteiger partial charge in [0.15, 0.2) is 5.82 Å². The zero-order valence-electron chi connectivity index (χ0n) is 13.9. The number of anilines is 1. The minimum absolute atomic E-state index is 0.0875. The number of nitriles is 1. The molecule has 1 amide bonds. The van der Waals surface area contributed by atoms with Crippen molar-refractivity contribution in [2.45, 2.75) is 32.6 Å². The molecule has 2 aromatic rings. The zero-order chi connectivity index (χ0) is 19.3. The normalized spacial score (nSPS) is 10.4. The molecule has 0 saturated carbocycles. The Labute approximate surface area is 165 Å². The predicted molar refractivity (Wildman–Crippen MR) is 101 cm³/mol. The molecule has 0 unspecified atom stereocenters. The first-order valence-electron chi connectivity index (χ1n) is 7.76. The van der Waals surface area contributed by atoms with Gasteiger partial charge in [0.25, 0.3) is 0 Å². The first kappa shape index (κ1) is 20.2. The van der Waals surface area contributed by atoms with Crippen LogP contribution in [0.15, 0.2) is 18.3 Å². The van der Waals surface area contributed by atoms with Gasteiger partial charge in [-0.1, -0.05) is 34.8 Å². The van der Waals surface area contributed by atoms with E-state index in [1.54, 1.807) is 12.1 Å². The maximum absolute atomic E-state index is 12.2. The number of carbonyl (C=O) groups is 2. The Hall–Kier alpha value is -2.07. The number of aromatic nitrogens is 2. The average molecular weight is 414 g/mol. The third-order valence-electron chi connectivity index (χ3n) is 3.57. The van der Waals surface area contributed by atoms with E-state index in [0.717, 1.165) is 0 Å². The summed E-state index contributed by atoms with van der Waals surface area (Å²) in [5, 5.41) is 16.6. The first-order valence-corrected chi connectivity index (χ1v) is 8.89. The van der Waals surface area contributed by atoms with Gasteiger partial charge in [0.05, 0.1) is 27.0 Å². The monoisotopic (exact) mass is 412 g/mol. The van der Waals surface area contributed by atoms with Crippen LogP contribution in [0, 0.1) is 11.3 Å². The van der Waals surface area contributed by atoms with Crippen molar-refractivity contribution in [3.8, 4) is 11.8 Å². The largest absolute Gasteiger partial charge is 0.309 e. The highest BCUT2D eigenvalue weighted by molar-refractivity contribution is 6.48. The number of nitrogens with one attached hydrogen (secondary N) is 1. The number of Topliss-reactive ketones (excluding diaryl/α,β-unsaturated/α-hetero) is 1. The first-order chi connectivity index (χ1) is 12.3. The van der Waals surface area contributed by atoms with Crippen LogP contribution in [0.2, 0.25) is 15.1 Å². The Morgan fingerprint density at radius 2 is 1.88 bits per heavy atom. The van der Waals surface area contributed by atoms with Crippen LogP contribution in [0.3, 0.4) is 0 Å². The topological polar surface area (TPSA) is 87.8 Å². The predicted octanol–water partition coefficient (Wildman–Crippen LogP) is 4.79. The SMILES string of the molecule is CC(=O)CCCCC(=O)Nc1c(C#N)cnn1-c1ccc(Cl)c(Cl)c1Cl. The Morgan fingerprint density at radius 1 is 1.19 bits per heavy atom.